The van der Waals surface area contributed by atoms with Gasteiger partial charge in [-0.25, -0.2) is 0 Å². The molecule has 0 aliphatic heterocycles. The van der Waals surface area contributed by atoms with Crippen LogP contribution in [-0.2, 0) is 35.0 Å². The van der Waals surface area contributed by atoms with Crippen molar-refractivity contribution in [3.63, 3.8) is 0 Å². The fraction of sp³-hybridized carbons (Fsp3) is 0.485. The van der Waals surface area contributed by atoms with Crippen molar-refractivity contribution in [2.24, 2.45) is 11.8 Å². The van der Waals surface area contributed by atoms with E-state index in [4.69, 9.17) is 0 Å². The number of carbonyl (C=O) groups excluding carboxylic acids is 5. The van der Waals surface area contributed by atoms with Gasteiger partial charge < -0.3 is 31.5 Å². The minimum absolute atomic E-state index is 0.0671. The molecule has 0 fully saturated rings. The zero-order chi connectivity index (χ0) is 34.4. The molecule has 0 saturated carbocycles. The fourth-order valence-electron chi connectivity index (χ4n) is 4.71. The van der Waals surface area contributed by atoms with Gasteiger partial charge in [-0.3, -0.25) is 28.5 Å². The topological polar surface area (TPSA) is 183 Å². The van der Waals surface area contributed by atoms with Gasteiger partial charge in [0.05, 0.1) is 0 Å². The molecule has 252 valence electrons. The summed E-state index contributed by atoms with van der Waals surface area (Å²) < 4.78 is 13.6. The lowest BCUT2D eigenvalue weighted by molar-refractivity contribution is -0.131. The molecule has 12 nitrogen and oxygen atoms in total. The van der Waals surface area contributed by atoms with Gasteiger partial charge in [0.2, 0.25) is 36.9 Å². The van der Waals surface area contributed by atoms with E-state index in [1.165, 1.54) is 27.7 Å². The number of benzene rings is 2. The third kappa shape index (κ3) is 13.1. The summed E-state index contributed by atoms with van der Waals surface area (Å²) in [5.41, 5.74) is 1.52. The van der Waals surface area contributed by atoms with E-state index in [1.54, 1.807) is 24.3 Å². The van der Waals surface area contributed by atoms with E-state index >= 15 is 0 Å². The predicted molar refractivity (Wildman–Crippen MR) is 178 cm³/mol. The van der Waals surface area contributed by atoms with Crippen molar-refractivity contribution < 1.29 is 33.4 Å². The Morgan fingerprint density at radius 2 is 1.26 bits per heavy atom. The number of para-hydroxylation sites is 1. The van der Waals surface area contributed by atoms with Crippen LogP contribution in [0.15, 0.2) is 60.7 Å². The largest absolute Gasteiger partial charge is 0.345 e. The molecule has 2 unspecified atom stereocenters. The first-order valence-corrected chi connectivity index (χ1v) is 17.4. The fourth-order valence-corrected chi connectivity index (χ4v) is 6.34. The Labute approximate surface area is 271 Å². The molecule has 0 aromatic heterocycles. The molecule has 0 saturated heterocycles. The summed E-state index contributed by atoms with van der Waals surface area (Å²) in [4.78, 5) is 74.4. The van der Waals surface area contributed by atoms with Crippen molar-refractivity contribution in [3.8, 4) is 0 Å². The Morgan fingerprint density at radius 3 is 1.83 bits per heavy atom. The van der Waals surface area contributed by atoms with Gasteiger partial charge in [0.15, 0.2) is 0 Å². The number of rotatable bonds is 17. The van der Waals surface area contributed by atoms with Crippen LogP contribution in [0.4, 0.5) is 5.69 Å². The smallest absolute Gasteiger partial charge is 0.246 e. The molecule has 0 radical (unpaired) electrons. The zero-order valence-corrected chi connectivity index (χ0v) is 28.3. The summed E-state index contributed by atoms with van der Waals surface area (Å²) >= 11 is 0. The third-order valence-corrected chi connectivity index (χ3v) is 9.68. The van der Waals surface area contributed by atoms with Gasteiger partial charge in [-0.05, 0) is 63.6 Å². The SMILES string of the molecule is CC(=O)N[C@@H](C)C(=O)N[C@@H](C)C(=O)N[C@@H](C)P(=O)(O)CC(CCc1ccccc1)C(=O)N[C@@H](CC(C)C)C(=O)Nc1ccccc1. The molecule has 0 spiro atoms. The van der Waals surface area contributed by atoms with E-state index in [0.29, 0.717) is 18.5 Å². The second-order valence-electron chi connectivity index (χ2n) is 12.0. The van der Waals surface area contributed by atoms with Crippen molar-refractivity contribution in [2.75, 3.05) is 11.5 Å². The molecule has 46 heavy (non-hydrogen) atoms. The highest BCUT2D eigenvalue weighted by atomic mass is 31.2. The van der Waals surface area contributed by atoms with Crippen LogP contribution in [0, 0.1) is 11.8 Å². The van der Waals surface area contributed by atoms with Crippen LogP contribution in [0.25, 0.3) is 0 Å². The molecule has 6 atom stereocenters. The number of anilines is 1. The molecular formula is C33H48N5O7P. The van der Waals surface area contributed by atoms with Gasteiger partial charge >= 0.3 is 0 Å². The zero-order valence-electron chi connectivity index (χ0n) is 27.4. The number of hydrogen-bond acceptors (Lipinski definition) is 6. The van der Waals surface area contributed by atoms with Crippen LogP contribution in [0.5, 0.6) is 0 Å². The first-order chi connectivity index (χ1) is 21.6. The molecule has 2 aromatic carbocycles. The van der Waals surface area contributed by atoms with Gasteiger partial charge in [0, 0.05) is 24.7 Å². The van der Waals surface area contributed by atoms with E-state index in [-0.39, 0.29) is 12.3 Å². The van der Waals surface area contributed by atoms with Crippen molar-refractivity contribution in [3.05, 3.63) is 66.2 Å². The maximum absolute atomic E-state index is 13.7. The Bertz CT molecular complexity index is 1370. The lowest BCUT2D eigenvalue weighted by atomic mass is 9.98. The van der Waals surface area contributed by atoms with Crippen molar-refractivity contribution >= 4 is 42.6 Å². The number of hydrogen-bond donors (Lipinski definition) is 6. The van der Waals surface area contributed by atoms with Crippen LogP contribution in [0.3, 0.4) is 0 Å². The molecule has 0 aliphatic rings. The second-order valence-corrected chi connectivity index (χ2v) is 14.7. The Kier molecular flexibility index (Phi) is 15.1. The molecule has 2 rings (SSSR count). The average Bonchev–Trinajstić information content (AvgIpc) is 2.99. The van der Waals surface area contributed by atoms with Gasteiger partial charge in [0.25, 0.3) is 0 Å². The van der Waals surface area contributed by atoms with Crippen LogP contribution < -0.4 is 26.6 Å². The highest BCUT2D eigenvalue weighted by Crippen LogP contribution is 2.47. The molecule has 5 amide bonds. The molecular weight excluding hydrogens is 609 g/mol. The Hall–Kier alpha value is -4.02. The summed E-state index contributed by atoms with van der Waals surface area (Å²) in [5.74, 6) is -4.77. The number of nitrogens with one attached hydrogen (secondary N) is 5. The minimum Gasteiger partial charge on any atom is -0.345 e. The molecule has 0 bridgehead atoms. The maximum atomic E-state index is 13.7. The normalized spacial score (nSPS) is 15.7. The van der Waals surface area contributed by atoms with E-state index in [9.17, 15) is 33.4 Å². The van der Waals surface area contributed by atoms with Crippen molar-refractivity contribution in [1.82, 2.24) is 21.3 Å². The van der Waals surface area contributed by atoms with E-state index < -0.39 is 72.9 Å². The summed E-state index contributed by atoms with van der Waals surface area (Å²) in [5, 5.41) is 13.0. The average molecular weight is 658 g/mol. The summed E-state index contributed by atoms with van der Waals surface area (Å²) in [6.45, 7) is 9.36. The lowest BCUT2D eigenvalue weighted by Gasteiger charge is -2.28. The number of carbonyl (C=O) groups is 5. The molecule has 13 heteroatoms. The van der Waals surface area contributed by atoms with Gasteiger partial charge in [-0.15, -0.1) is 0 Å². The monoisotopic (exact) mass is 657 g/mol. The van der Waals surface area contributed by atoms with Gasteiger partial charge in [-0.2, -0.15) is 0 Å². The predicted octanol–water partition coefficient (Wildman–Crippen LogP) is 3.17. The quantitative estimate of drug-likeness (QED) is 0.141. The Balaban J connectivity index is 2.18. The summed E-state index contributed by atoms with van der Waals surface area (Å²) in [6, 6.07) is 15.4. The highest BCUT2D eigenvalue weighted by molar-refractivity contribution is 7.58. The maximum Gasteiger partial charge on any atom is 0.246 e. The summed E-state index contributed by atoms with van der Waals surface area (Å²) in [7, 11) is -4.19. The molecule has 6 N–H and O–H groups in total. The Morgan fingerprint density at radius 1 is 0.717 bits per heavy atom. The number of amides is 5. The van der Waals surface area contributed by atoms with Crippen LogP contribution in [-0.4, -0.2) is 64.5 Å². The highest BCUT2D eigenvalue weighted by Gasteiger charge is 2.36. The van der Waals surface area contributed by atoms with E-state index in [0.717, 1.165) is 5.56 Å². The lowest BCUT2D eigenvalue weighted by Crippen LogP contribution is -2.52. The van der Waals surface area contributed by atoms with E-state index in [1.807, 2.05) is 50.2 Å². The van der Waals surface area contributed by atoms with Crippen molar-refractivity contribution in [1.29, 1.82) is 0 Å². The van der Waals surface area contributed by atoms with Crippen molar-refractivity contribution in [2.45, 2.75) is 84.7 Å². The van der Waals surface area contributed by atoms with Crippen LogP contribution >= 0.6 is 7.37 Å². The summed E-state index contributed by atoms with van der Waals surface area (Å²) in [6.07, 6.45) is 0.578. The van der Waals surface area contributed by atoms with E-state index in [2.05, 4.69) is 26.6 Å². The standard InChI is InChI=1S/C33H48N5O7P/c1-21(2)19-29(33(43)37-28-15-11-8-12-16-28)38-32(42)27(18-17-26-13-9-7-10-14-26)20-46(44,45)25(6)36-31(41)23(4)35-30(40)22(3)34-24(5)39/h7-16,21-23,25,27,29H,17-20H2,1-6H3,(H,34,39)(H,35,40)(H,36,41)(H,37,43)(H,38,42)(H,44,45)/t22-,23-,25+,27?,29-/m0/s1. The molecule has 2 aromatic rings. The first kappa shape index (κ1) is 38.2. The van der Waals surface area contributed by atoms with Crippen LogP contribution in [0.1, 0.15) is 59.9 Å². The first-order valence-electron chi connectivity index (χ1n) is 15.5. The minimum atomic E-state index is -4.19. The molecule has 0 aliphatic carbocycles. The molecule has 0 heterocycles. The number of aryl methyl sites for hydroxylation is 1. The third-order valence-electron chi connectivity index (χ3n) is 7.38. The van der Waals surface area contributed by atoms with Crippen LogP contribution in [0.2, 0.25) is 0 Å². The van der Waals surface area contributed by atoms with Gasteiger partial charge in [0.1, 0.15) is 23.9 Å². The van der Waals surface area contributed by atoms with Gasteiger partial charge in [-0.1, -0.05) is 62.4 Å². The second kappa shape index (κ2) is 18.2.